The lowest BCUT2D eigenvalue weighted by molar-refractivity contribution is 0.355. The molecule has 4 rings (SSSR count). The number of sulfone groups is 1. The van der Waals surface area contributed by atoms with Gasteiger partial charge in [-0.1, -0.05) is 35.0 Å². The van der Waals surface area contributed by atoms with Crippen LogP contribution in [0.5, 0.6) is 11.5 Å². The van der Waals surface area contributed by atoms with Crippen LogP contribution in [-0.4, -0.2) is 32.8 Å². The zero-order chi connectivity index (χ0) is 22.0. The number of hydrogen-bond donors (Lipinski definition) is 0. The van der Waals surface area contributed by atoms with Crippen LogP contribution in [0.1, 0.15) is 5.56 Å². The summed E-state index contributed by atoms with van der Waals surface area (Å²) >= 11 is 0. The van der Waals surface area contributed by atoms with Gasteiger partial charge >= 0.3 is 0 Å². The maximum atomic E-state index is 13.2. The van der Waals surface area contributed by atoms with Gasteiger partial charge in [-0.2, -0.15) is 4.98 Å². The summed E-state index contributed by atoms with van der Waals surface area (Å²) in [5.41, 5.74) is 1.96. The molecule has 0 N–H and O–H groups in total. The number of aromatic nitrogens is 2. The lowest BCUT2D eigenvalue weighted by Crippen LogP contribution is -2.04. The Morgan fingerprint density at radius 3 is 2.29 bits per heavy atom. The van der Waals surface area contributed by atoms with Gasteiger partial charge < -0.3 is 14.0 Å². The Kier molecular flexibility index (Phi) is 5.48. The molecule has 0 atom stereocenters. The third kappa shape index (κ3) is 3.89. The average Bonchev–Trinajstić information content (AvgIpc) is 3.29. The van der Waals surface area contributed by atoms with Crippen LogP contribution in [0.3, 0.4) is 0 Å². The van der Waals surface area contributed by atoms with Crippen molar-refractivity contribution < 1.29 is 22.4 Å². The molecule has 0 amide bonds. The van der Waals surface area contributed by atoms with E-state index in [0.29, 0.717) is 28.5 Å². The molecule has 0 saturated heterocycles. The van der Waals surface area contributed by atoms with Crippen molar-refractivity contribution in [2.45, 2.75) is 16.7 Å². The summed E-state index contributed by atoms with van der Waals surface area (Å²) in [4.78, 5) is 4.72. The number of benzene rings is 3. The molecule has 0 saturated carbocycles. The Hall–Kier alpha value is -3.65. The Labute approximate surface area is 180 Å². The highest BCUT2D eigenvalue weighted by Gasteiger charge is 2.24. The lowest BCUT2D eigenvalue weighted by Gasteiger charge is -2.08. The van der Waals surface area contributed by atoms with Gasteiger partial charge in [-0.3, -0.25) is 0 Å². The zero-order valence-corrected chi connectivity index (χ0v) is 18.0. The highest BCUT2D eigenvalue weighted by atomic mass is 32.2. The monoisotopic (exact) mass is 436 g/mol. The minimum atomic E-state index is -3.77. The highest BCUT2D eigenvalue weighted by Crippen LogP contribution is 2.34. The van der Waals surface area contributed by atoms with Gasteiger partial charge in [0, 0.05) is 5.56 Å². The van der Waals surface area contributed by atoms with Crippen LogP contribution in [0.2, 0.25) is 0 Å². The SMILES string of the molecule is COc1ccc(-c2noc(-c3ccccc3S(=O)(=O)c3ccc(C)cc3)n2)cc1OC. The van der Waals surface area contributed by atoms with Crippen LogP contribution < -0.4 is 9.47 Å². The number of rotatable bonds is 6. The van der Waals surface area contributed by atoms with Crippen molar-refractivity contribution in [1.82, 2.24) is 10.1 Å². The zero-order valence-electron chi connectivity index (χ0n) is 17.2. The van der Waals surface area contributed by atoms with Crippen molar-refractivity contribution in [1.29, 1.82) is 0 Å². The third-order valence-electron chi connectivity index (χ3n) is 4.81. The topological polar surface area (TPSA) is 91.5 Å². The summed E-state index contributed by atoms with van der Waals surface area (Å²) in [5.74, 6) is 1.51. The van der Waals surface area contributed by atoms with Crippen molar-refractivity contribution in [3.05, 3.63) is 72.3 Å². The lowest BCUT2D eigenvalue weighted by atomic mass is 10.2. The molecule has 8 heteroatoms. The third-order valence-corrected chi connectivity index (χ3v) is 6.63. The van der Waals surface area contributed by atoms with Crippen molar-refractivity contribution in [2.24, 2.45) is 0 Å². The van der Waals surface area contributed by atoms with Crippen molar-refractivity contribution >= 4 is 9.84 Å². The maximum Gasteiger partial charge on any atom is 0.259 e. The van der Waals surface area contributed by atoms with E-state index in [4.69, 9.17) is 14.0 Å². The van der Waals surface area contributed by atoms with Gasteiger partial charge in [-0.05, 0) is 49.4 Å². The summed E-state index contributed by atoms with van der Waals surface area (Å²) in [6.07, 6.45) is 0. The van der Waals surface area contributed by atoms with Crippen LogP contribution in [0.25, 0.3) is 22.8 Å². The first kappa shape index (κ1) is 20.6. The highest BCUT2D eigenvalue weighted by molar-refractivity contribution is 7.91. The van der Waals surface area contributed by atoms with E-state index in [-0.39, 0.29) is 15.7 Å². The summed E-state index contributed by atoms with van der Waals surface area (Å²) in [6, 6.07) is 18.5. The fraction of sp³-hybridized carbons (Fsp3) is 0.130. The normalized spacial score (nSPS) is 11.3. The first-order chi connectivity index (χ1) is 14.9. The molecular weight excluding hydrogens is 416 g/mol. The van der Waals surface area contributed by atoms with Crippen LogP contribution >= 0.6 is 0 Å². The van der Waals surface area contributed by atoms with Gasteiger partial charge in [0.25, 0.3) is 5.89 Å². The number of nitrogens with zero attached hydrogens (tertiary/aromatic N) is 2. The van der Waals surface area contributed by atoms with Gasteiger partial charge in [-0.15, -0.1) is 0 Å². The molecule has 31 heavy (non-hydrogen) atoms. The van der Waals surface area contributed by atoms with E-state index in [1.54, 1.807) is 67.8 Å². The molecule has 1 heterocycles. The summed E-state index contributed by atoms with van der Waals surface area (Å²) in [7, 11) is -0.686. The molecule has 0 bridgehead atoms. The Bertz CT molecular complexity index is 1330. The summed E-state index contributed by atoms with van der Waals surface area (Å²) in [6.45, 7) is 1.90. The minimum absolute atomic E-state index is 0.0985. The van der Waals surface area contributed by atoms with Gasteiger partial charge in [0.1, 0.15) is 0 Å². The van der Waals surface area contributed by atoms with Crippen LogP contribution in [-0.2, 0) is 9.84 Å². The minimum Gasteiger partial charge on any atom is -0.493 e. The fourth-order valence-corrected chi connectivity index (χ4v) is 4.60. The van der Waals surface area contributed by atoms with E-state index >= 15 is 0 Å². The quantitative estimate of drug-likeness (QED) is 0.437. The second-order valence-corrected chi connectivity index (χ2v) is 8.72. The van der Waals surface area contributed by atoms with Crippen molar-refractivity contribution in [2.75, 3.05) is 14.2 Å². The van der Waals surface area contributed by atoms with Crippen LogP contribution in [0.15, 0.2) is 81.0 Å². The first-order valence-corrected chi connectivity index (χ1v) is 10.9. The molecule has 0 aliphatic heterocycles. The predicted octanol–water partition coefficient (Wildman–Crippen LogP) is 4.56. The molecule has 158 valence electrons. The van der Waals surface area contributed by atoms with E-state index in [2.05, 4.69) is 10.1 Å². The number of aryl methyl sites for hydroxylation is 1. The Balaban J connectivity index is 1.76. The molecule has 0 unspecified atom stereocenters. The average molecular weight is 436 g/mol. The molecule has 0 fully saturated rings. The standard InChI is InChI=1S/C23H20N2O5S/c1-15-8-11-17(12-9-15)31(26,27)21-7-5-4-6-18(21)23-24-22(25-30-23)16-10-13-19(28-2)20(14-16)29-3/h4-14H,1-3H3. The Morgan fingerprint density at radius 1 is 0.871 bits per heavy atom. The smallest absolute Gasteiger partial charge is 0.259 e. The number of hydrogen-bond acceptors (Lipinski definition) is 7. The number of methoxy groups -OCH3 is 2. The molecule has 0 radical (unpaired) electrons. The molecule has 0 aliphatic rings. The van der Waals surface area contributed by atoms with Gasteiger partial charge in [0.2, 0.25) is 15.7 Å². The van der Waals surface area contributed by atoms with Crippen molar-refractivity contribution in [3.63, 3.8) is 0 Å². The van der Waals surface area contributed by atoms with E-state index in [1.807, 2.05) is 6.92 Å². The van der Waals surface area contributed by atoms with Gasteiger partial charge in [-0.25, -0.2) is 8.42 Å². The molecule has 7 nitrogen and oxygen atoms in total. The summed E-state index contributed by atoms with van der Waals surface area (Å²) in [5, 5.41) is 4.02. The van der Waals surface area contributed by atoms with Crippen LogP contribution in [0, 0.1) is 6.92 Å². The fourth-order valence-electron chi connectivity index (χ4n) is 3.15. The molecular formula is C23H20N2O5S. The second-order valence-electron chi connectivity index (χ2n) is 6.81. The molecule has 0 spiro atoms. The molecule has 4 aromatic rings. The van der Waals surface area contributed by atoms with E-state index in [9.17, 15) is 8.42 Å². The molecule has 3 aromatic carbocycles. The van der Waals surface area contributed by atoms with Crippen LogP contribution in [0.4, 0.5) is 0 Å². The van der Waals surface area contributed by atoms with E-state index < -0.39 is 9.84 Å². The summed E-state index contributed by atoms with van der Waals surface area (Å²) < 4.78 is 42.5. The molecule has 0 aliphatic carbocycles. The Morgan fingerprint density at radius 2 is 1.58 bits per heavy atom. The second kappa shape index (κ2) is 8.23. The predicted molar refractivity (Wildman–Crippen MR) is 115 cm³/mol. The molecule has 1 aromatic heterocycles. The maximum absolute atomic E-state index is 13.2. The van der Waals surface area contributed by atoms with E-state index in [0.717, 1.165) is 5.56 Å². The first-order valence-electron chi connectivity index (χ1n) is 9.41. The van der Waals surface area contributed by atoms with Gasteiger partial charge in [0.05, 0.1) is 29.6 Å². The number of ether oxygens (including phenoxy) is 2. The van der Waals surface area contributed by atoms with Gasteiger partial charge in [0.15, 0.2) is 11.5 Å². The largest absolute Gasteiger partial charge is 0.493 e. The van der Waals surface area contributed by atoms with E-state index in [1.165, 1.54) is 13.2 Å². The van der Waals surface area contributed by atoms with Crippen molar-refractivity contribution in [3.8, 4) is 34.3 Å².